The van der Waals surface area contributed by atoms with Crippen LogP contribution in [0.5, 0.6) is 5.88 Å². The van der Waals surface area contributed by atoms with E-state index in [1.165, 1.54) is 6.34 Å². The molecule has 1 N–H and O–H groups in total. The fourth-order valence-electron chi connectivity index (χ4n) is 1.02. The zero-order valence-electron chi connectivity index (χ0n) is 7.80. The highest BCUT2D eigenvalue weighted by molar-refractivity contribution is 6.01. The Balaban J connectivity index is 2.12. The minimum atomic E-state index is 0.440. The zero-order valence-corrected chi connectivity index (χ0v) is 7.80. The maximum atomic E-state index is 4.97. The van der Waals surface area contributed by atoms with Gasteiger partial charge in [-0.15, -0.1) is 15.3 Å². The lowest BCUT2D eigenvalue weighted by Gasteiger charge is -2.01. The van der Waals surface area contributed by atoms with Gasteiger partial charge in [0.25, 0.3) is 0 Å². The molecule has 0 spiro atoms. The molecule has 73 valence electrons. The topological polar surface area (TPSA) is 77.9 Å². The summed E-state index contributed by atoms with van der Waals surface area (Å²) in [7, 11) is 3.36. The molecule has 1 aromatic heterocycles. The number of anilines is 1. The van der Waals surface area contributed by atoms with Gasteiger partial charge in [-0.1, -0.05) is 0 Å². The first-order chi connectivity index (χ1) is 6.79. The summed E-state index contributed by atoms with van der Waals surface area (Å²) in [5, 5.41) is 18.2. The van der Waals surface area contributed by atoms with Gasteiger partial charge in [0.15, 0.2) is 0 Å². The zero-order chi connectivity index (χ0) is 9.97. The summed E-state index contributed by atoms with van der Waals surface area (Å²) in [6, 6.07) is 1.75. The van der Waals surface area contributed by atoms with E-state index in [0.29, 0.717) is 11.8 Å². The number of nitrogens with zero attached hydrogens (tertiary/aromatic N) is 5. The average molecular weight is 193 g/mol. The van der Waals surface area contributed by atoms with Gasteiger partial charge in [-0.3, -0.25) is 0 Å². The van der Waals surface area contributed by atoms with Gasteiger partial charge in [0.1, 0.15) is 12.2 Å². The molecule has 0 bridgehead atoms. The minimum absolute atomic E-state index is 0.440. The fourth-order valence-corrected chi connectivity index (χ4v) is 1.02. The molecule has 0 aliphatic carbocycles. The van der Waals surface area contributed by atoms with Crippen molar-refractivity contribution in [1.29, 1.82) is 0 Å². The van der Waals surface area contributed by atoms with Crippen LogP contribution in [0.1, 0.15) is 0 Å². The van der Waals surface area contributed by atoms with Crippen LogP contribution >= 0.6 is 0 Å². The van der Waals surface area contributed by atoms with E-state index in [1.807, 2.05) is 0 Å². The third kappa shape index (κ3) is 1.51. The normalized spacial score (nSPS) is 13.7. The maximum Gasteiger partial charge on any atom is 0.249 e. The number of aromatic nitrogens is 2. The van der Waals surface area contributed by atoms with E-state index in [2.05, 4.69) is 25.9 Å². The summed E-state index contributed by atoms with van der Waals surface area (Å²) in [6.07, 6.45) is 1.37. The Hall–Kier alpha value is -2.05. The first kappa shape index (κ1) is 8.54. The Morgan fingerprint density at radius 1 is 1.50 bits per heavy atom. The van der Waals surface area contributed by atoms with Crippen molar-refractivity contribution in [2.75, 3.05) is 12.4 Å². The van der Waals surface area contributed by atoms with Crippen molar-refractivity contribution in [1.82, 2.24) is 15.1 Å². The van der Waals surface area contributed by atoms with Crippen LogP contribution in [0.25, 0.3) is 0 Å². The van der Waals surface area contributed by atoms with Gasteiger partial charge in [-0.05, 0) is 0 Å². The highest BCUT2D eigenvalue weighted by Crippen LogP contribution is 2.14. The van der Waals surface area contributed by atoms with Crippen molar-refractivity contribution < 1.29 is 4.74 Å². The molecular formula is C7H9N6O. The van der Waals surface area contributed by atoms with Crippen LogP contribution in [0.15, 0.2) is 16.3 Å². The highest BCUT2D eigenvalue weighted by atomic mass is 16.5. The summed E-state index contributed by atoms with van der Waals surface area (Å²) in [5.74, 6) is 1.72. The summed E-state index contributed by atoms with van der Waals surface area (Å²) in [4.78, 5) is 0. The van der Waals surface area contributed by atoms with Crippen LogP contribution in [0.2, 0.25) is 0 Å². The predicted molar refractivity (Wildman–Crippen MR) is 51.4 cm³/mol. The number of ether oxygens (including phenoxy) is 1. The van der Waals surface area contributed by atoms with Gasteiger partial charge in [0.05, 0.1) is 7.11 Å². The number of guanidine groups is 1. The van der Waals surface area contributed by atoms with Crippen molar-refractivity contribution in [3.8, 4) is 5.88 Å². The number of hydrogen-bond acceptors (Lipinski definition) is 5. The smallest absolute Gasteiger partial charge is 0.249 e. The summed E-state index contributed by atoms with van der Waals surface area (Å²) in [6.45, 7) is 0. The van der Waals surface area contributed by atoms with E-state index < -0.39 is 0 Å². The van der Waals surface area contributed by atoms with Gasteiger partial charge < -0.3 is 10.1 Å². The van der Waals surface area contributed by atoms with Crippen LogP contribution in [0.3, 0.4) is 0 Å². The van der Waals surface area contributed by atoms with Crippen molar-refractivity contribution in [3.63, 3.8) is 0 Å². The standard InChI is InChI=1S/C7H9N6O/c1-13-5(3-6(12-13)14-2)10-7-8-4-9-11-7/h3-4H,1-2H3,(H,10,11). The summed E-state index contributed by atoms with van der Waals surface area (Å²) in [5.41, 5.74) is 0. The number of nitrogens with one attached hydrogen (secondary N) is 1. The highest BCUT2D eigenvalue weighted by Gasteiger charge is 2.09. The molecule has 2 rings (SSSR count). The van der Waals surface area contributed by atoms with Gasteiger partial charge >= 0.3 is 0 Å². The Morgan fingerprint density at radius 3 is 2.93 bits per heavy atom. The first-order valence-electron chi connectivity index (χ1n) is 3.95. The Morgan fingerprint density at radius 2 is 2.36 bits per heavy atom. The second-order valence-corrected chi connectivity index (χ2v) is 2.60. The van der Waals surface area contributed by atoms with Gasteiger partial charge in [0, 0.05) is 13.1 Å². The third-order valence-electron chi connectivity index (χ3n) is 1.69. The fraction of sp³-hybridized carbons (Fsp3) is 0.286. The molecule has 0 aromatic carbocycles. The van der Waals surface area contributed by atoms with Gasteiger partial charge in [-0.2, -0.15) is 5.32 Å². The second-order valence-electron chi connectivity index (χ2n) is 2.60. The Labute approximate surface area is 80.5 Å². The monoisotopic (exact) mass is 193 g/mol. The average Bonchev–Trinajstić information content (AvgIpc) is 2.78. The van der Waals surface area contributed by atoms with E-state index in [-0.39, 0.29) is 0 Å². The summed E-state index contributed by atoms with van der Waals surface area (Å²) >= 11 is 0. The molecule has 7 heteroatoms. The molecule has 0 saturated carbocycles. The minimum Gasteiger partial charge on any atom is -0.480 e. The van der Waals surface area contributed by atoms with Gasteiger partial charge in [-0.25, -0.2) is 4.68 Å². The van der Waals surface area contributed by atoms with E-state index in [0.717, 1.165) is 5.82 Å². The molecule has 2 heterocycles. The molecule has 1 aromatic rings. The van der Waals surface area contributed by atoms with Crippen molar-refractivity contribution >= 4 is 18.1 Å². The van der Waals surface area contributed by atoms with Crippen molar-refractivity contribution in [2.24, 2.45) is 17.3 Å². The molecule has 0 amide bonds. The number of hydrogen-bond donors (Lipinski definition) is 1. The maximum absolute atomic E-state index is 4.97. The Bertz CT molecular complexity index is 393. The Kier molecular flexibility index (Phi) is 2.05. The third-order valence-corrected chi connectivity index (χ3v) is 1.69. The molecule has 1 radical (unpaired) electrons. The molecule has 0 unspecified atom stereocenters. The lowest BCUT2D eigenvalue weighted by Crippen LogP contribution is -2.21. The molecule has 1 aliphatic rings. The number of rotatable bonds is 2. The van der Waals surface area contributed by atoms with Crippen LogP contribution < -0.4 is 15.4 Å². The van der Waals surface area contributed by atoms with Crippen LogP contribution in [0, 0.1) is 0 Å². The van der Waals surface area contributed by atoms with E-state index in [9.17, 15) is 0 Å². The molecule has 14 heavy (non-hydrogen) atoms. The van der Waals surface area contributed by atoms with Crippen LogP contribution in [-0.4, -0.2) is 29.2 Å². The molecule has 0 atom stereocenters. The van der Waals surface area contributed by atoms with E-state index in [4.69, 9.17) is 4.74 Å². The lowest BCUT2D eigenvalue weighted by molar-refractivity contribution is 0.392. The second kappa shape index (κ2) is 3.36. The van der Waals surface area contributed by atoms with E-state index >= 15 is 0 Å². The molecule has 1 aliphatic heterocycles. The number of aryl methyl sites for hydroxylation is 1. The first-order valence-corrected chi connectivity index (χ1v) is 3.95. The quantitative estimate of drug-likeness (QED) is 0.704. The predicted octanol–water partition coefficient (Wildman–Crippen LogP) is -0.242. The molecule has 0 fully saturated rings. The summed E-state index contributed by atoms with van der Waals surface area (Å²) < 4.78 is 6.60. The SMILES string of the molecule is COc1cc(NC2=NN=C[N]2)n(C)n1. The van der Waals surface area contributed by atoms with Crippen LogP contribution in [-0.2, 0) is 7.05 Å². The van der Waals surface area contributed by atoms with Crippen LogP contribution in [0.4, 0.5) is 5.82 Å². The lowest BCUT2D eigenvalue weighted by atomic mass is 10.6. The van der Waals surface area contributed by atoms with Gasteiger partial charge in [0.2, 0.25) is 11.8 Å². The largest absolute Gasteiger partial charge is 0.480 e. The van der Waals surface area contributed by atoms with Crippen molar-refractivity contribution in [3.05, 3.63) is 6.07 Å². The van der Waals surface area contributed by atoms with E-state index in [1.54, 1.807) is 24.9 Å². The molecular weight excluding hydrogens is 184 g/mol. The van der Waals surface area contributed by atoms with Crippen molar-refractivity contribution in [2.45, 2.75) is 0 Å². The molecule has 7 nitrogen and oxygen atoms in total. The number of methoxy groups -OCH3 is 1. The molecule has 0 saturated heterocycles.